The van der Waals surface area contributed by atoms with E-state index in [9.17, 15) is 17.6 Å². The summed E-state index contributed by atoms with van der Waals surface area (Å²) in [6.07, 6.45) is 0.00346. The second-order valence-corrected chi connectivity index (χ2v) is 4.60. The van der Waals surface area contributed by atoms with Gasteiger partial charge in [-0.05, 0) is 36.7 Å². The predicted molar refractivity (Wildman–Crippen MR) is 53.3 cm³/mol. The normalized spacial score (nSPS) is 34.4. The van der Waals surface area contributed by atoms with Crippen LogP contribution in [-0.2, 0) is 0 Å². The summed E-state index contributed by atoms with van der Waals surface area (Å²) in [6, 6.07) is 0. The molecule has 0 radical (unpaired) electrons. The molecule has 90 valence electrons. The molecule has 2 rings (SSSR count). The van der Waals surface area contributed by atoms with Crippen molar-refractivity contribution in [1.29, 1.82) is 0 Å². The fourth-order valence-electron chi connectivity index (χ4n) is 2.51. The van der Waals surface area contributed by atoms with Crippen molar-refractivity contribution in [2.75, 3.05) is 0 Å². The van der Waals surface area contributed by atoms with Gasteiger partial charge in [-0.1, -0.05) is 19.4 Å². The second-order valence-electron chi connectivity index (χ2n) is 4.60. The molecule has 0 aliphatic heterocycles. The molecule has 0 N–H and O–H groups in total. The Morgan fingerprint density at radius 2 is 2.06 bits per heavy atom. The SMILES string of the molecule is CC[C@H]1C[C@@H]1C1C=C(F)C(C(F)(F)F)=CC1. The first-order chi connectivity index (χ1) is 7.43. The largest absolute Gasteiger partial charge is 0.418 e. The van der Waals surface area contributed by atoms with Gasteiger partial charge >= 0.3 is 6.18 Å². The van der Waals surface area contributed by atoms with Crippen molar-refractivity contribution in [2.45, 2.75) is 32.4 Å². The van der Waals surface area contributed by atoms with Crippen LogP contribution in [0.5, 0.6) is 0 Å². The zero-order valence-corrected chi connectivity index (χ0v) is 9.02. The molecule has 3 atom stereocenters. The Morgan fingerprint density at radius 3 is 2.50 bits per heavy atom. The minimum atomic E-state index is -4.56. The molecular weight excluding hydrogens is 220 g/mol. The van der Waals surface area contributed by atoms with Crippen LogP contribution in [0.15, 0.2) is 23.6 Å². The van der Waals surface area contributed by atoms with Gasteiger partial charge < -0.3 is 0 Å². The average molecular weight is 234 g/mol. The lowest BCUT2D eigenvalue weighted by atomic mass is 9.90. The molecule has 0 aromatic carbocycles. The van der Waals surface area contributed by atoms with Crippen LogP contribution < -0.4 is 0 Å². The van der Waals surface area contributed by atoms with Crippen molar-refractivity contribution in [2.24, 2.45) is 17.8 Å². The molecule has 0 aromatic heterocycles. The molecule has 16 heavy (non-hydrogen) atoms. The monoisotopic (exact) mass is 234 g/mol. The minimum absolute atomic E-state index is 0.0314. The summed E-state index contributed by atoms with van der Waals surface area (Å²) in [7, 11) is 0. The molecule has 2 aliphatic carbocycles. The lowest BCUT2D eigenvalue weighted by Crippen LogP contribution is -2.17. The minimum Gasteiger partial charge on any atom is -0.207 e. The molecule has 0 bridgehead atoms. The van der Waals surface area contributed by atoms with Crippen LogP contribution in [0, 0.1) is 17.8 Å². The van der Waals surface area contributed by atoms with E-state index in [1.165, 1.54) is 6.08 Å². The standard InChI is InChI=1S/C12H14F4/c1-2-7-5-9(7)8-3-4-10(11(13)6-8)12(14,15)16/h4,6-9H,2-3,5H2,1H3/t7-,8?,9-/m0/s1. The highest BCUT2D eigenvalue weighted by molar-refractivity contribution is 5.34. The van der Waals surface area contributed by atoms with Crippen molar-refractivity contribution >= 4 is 0 Å². The van der Waals surface area contributed by atoms with E-state index in [0.717, 1.165) is 18.9 Å². The molecule has 0 heterocycles. The molecule has 0 nitrogen and oxygen atoms in total. The van der Waals surface area contributed by atoms with Crippen LogP contribution in [0.3, 0.4) is 0 Å². The quantitative estimate of drug-likeness (QED) is 0.621. The van der Waals surface area contributed by atoms with Crippen LogP contribution >= 0.6 is 0 Å². The van der Waals surface area contributed by atoms with Crippen LogP contribution in [0.25, 0.3) is 0 Å². The number of allylic oxidation sites excluding steroid dienone is 4. The lowest BCUT2D eigenvalue weighted by Gasteiger charge is -2.19. The van der Waals surface area contributed by atoms with E-state index < -0.39 is 17.6 Å². The smallest absolute Gasteiger partial charge is 0.207 e. The third-order valence-electron chi connectivity index (χ3n) is 3.57. The zero-order valence-electron chi connectivity index (χ0n) is 9.02. The Balaban J connectivity index is 2.05. The summed E-state index contributed by atoms with van der Waals surface area (Å²) in [5.74, 6) is -0.154. The van der Waals surface area contributed by atoms with Crippen molar-refractivity contribution in [3.05, 3.63) is 23.6 Å². The van der Waals surface area contributed by atoms with Crippen molar-refractivity contribution < 1.29 is 17.6 Å². The maximum absolute atomic E-state index is 13.3. The predicted octanol–water partition coefficient (Wildman–Crippen LogP) is 4.39. The first-order valence-corrected chi connectivity index (χ1v) is 5.58. The Morgan fingerprint density at radius 1 is 1.38 bits per heavy atom. The van der Waals surface area contributed by atoms with Gasteiger partial charge in [-0.25, -0.2) is 4.39 Å². The van der Waals surface area contributed by atoms with Crippen LogP contribution in [0.4, 0.5) is 17.6 Å². The van der Waals surface area contributed by atoms with Gasteiger partial charge in [0.2, 0.25) is 0 Å². The van der Waals surface area contributed by atoms with E-state index in [1.54, 1.807) is 0 Å². The van der Waals surface area contributed by atoms with E-state index >= 15 is 0 Å². The number of hydrogen-bond acceptors (Lipinski definition) is 0. The van der Waals surface area contributed by atoms with E-state index in [0.29, 0.717) is 18.3 Å². The Kier molecular flexibility index (Phi) is 2.84. The summed E-state index contributed by atoms with van der Waals surface area (Å²) < 4.78 is 50.3. The third-order valence-corrected chi connectivity index (χ3v) is 3.57. The molecule has 0 amide bonds. The molecule has 1 unspecified atom stereocenters. The highest BCUT2D eigenvalue weighted by Crippen LogP contribution is 2.50. The van der Waals surface area contributed by atoms with Crippen LogP contribution in [0.2, 0.25) is 0 Å². The van der Waals surface area contributed by atoms with E-state index in [1.807, 2.05) is 0 Å². The second kappa shape index (κ2) is 3.90. The molecule has 0 saturated heterocycles. The van der Waals surface area contributed by atoms with Crippen LogP contribution in [0.1, 0.15) is 26.2 Å². The summed E-state index contributed by atoms with van der Waals surface area (Å²) in [6.45, 7) is 2.06. The van der Waals surface area contributed by atoms with Gasteiger partial charge in [-0.2, -0.15) is 13.2 Å². The number of hydrogen-bond donors (Lipinski definition) is 0. The summed E-state index contributed by atoms with van der Waals surface area (Å²) in [5, 5.41) is 0. The van der Waals surface area contributed by atoms with Gasteiger partial charge in [0.05, 0.1) is 5.57 Å². The maximum atomic E-state index is 13.3. The van der Waals surface area contributed by atoms with E-state index in [-0.39, 0.29) is 5.92 Å². The molecule has 4 heteroatoms. The van der Waals surface area contributed by atoms with Gasteiger partial charge in [0, 0.05) is 0 Å². The zero-order chi connectivity index (χ0) is 11.9. The summed E-state index contributed by atoms with van der Waals surface area (Å²) in [5.41, 5.74) is -1.10. The molecule has 0 aromatic rings. The lowest BCUT2D eigenvalue weighted by molar-refractivity contribution is -0.0917. The maximum Gasteiger partial charge on any atom is 0.418 e. The van der Waals surface area contributed by atoms with Gasteiger partial charge in [0.1, 0.15) is 5.83 Å². The van der Waals surface area contributed by atoms with Crippen molar-refractivity contribution in [3.8, 4) is 0 Å². The van der Waals surface area contributed by atoms with Gasteiger partial charge in [0.15, 0.2) is 0 Å². The van der Waals surface area contributed by atoms with E-state index in [2.05, 4.69) is 6.92 Å². The molecule has 1 saturated carbocycles. The topological polar surface area (TPSA) is 0 Å². The Bertz CT molecular complexity index is 337. The number of rotatable bonds is 2. The average Bonchev–Trinajstić information content (AvgIpc) is 2.94. The highest BCUT2D eigenvalue weighted by atomic mass is 19.4. The fourth-order valence-corrected chi connectivity index (χ4v) is 2.51. The summed E-state index contributed by atoms with van der Waals surface area (Å²) in [4.78, 5) is 0. The Labute approximate surface area is 92.0 Å². The van der Waals surface area contributed by atoms with Crippen molar-refractivity contribution in [1.82, 2.24) is 0 Å². The fraction of sp³-hybridized carbons (Fsp3) is 0.667. The molecule has 2 aliphatic rings. The first-order valence-electron chi connectivity index (χ1n) is 5.58. The number of halogens is 4. The molecule has 0 spiro atoms. The van der Waals surface area contributed by atoms with Gasteiger partial charge in [-0.15, -0.1) is 0 Å². The van der Waals surface area contributed by atoms with Crippen molar-refractivity contribution in [3.63, 3.8) is 0 Å². The van der Waals surface area contributed by atoms with Gasteiger partial charge in [0.25, 0.3) is 0 Å². The Hall–Kier alpha value is -0.800. The third kappa shape index (κ3) is 2.15. The number of alkyl halides is 3. The highest BCUT2D eigenvalue weighted by Gasteiger charge is 2.44. The summed E-state index contributed by atoms with van der Waals surface area (Å²) >= 11 is 0. The van der Waals surface area contributed by atoms with E-state index in [4.69, 9.17) is 0 Å². The molecular formula is C12H14F4. The first kappa shape index (κ1) is 11.7. The molecule has 1 fully saturated rings. The van der Waals surface area contributed by atoms with Crippen LogP contribution in [-0.4, -0.2) is 6.18 Å². The van der Waals surface area contributed by atoms with Gasteiger partial charge in [-0.3, -0.25) is 0 Å².